The average Bonchev–Trinajstić information content (AvgIpc) is 2.09. The van der Waals surface area contributed by atoms with Gasteiger partial charge in [0.15, 0.2) is 0 Å². The summed E-state index contributed by atoms with van der Waals surface area (Å²) in [5, 5.41) is 11.8. The van der Waals surface area contributed by atoms with Crippen LogP contribution in [0.5, 0.6) is 0 Å². The summed E-state index contributed by atoms with van der Waals surface area (Å²) in [6.45, 7) is 3.59. The van der Waals surface area contributed by atoms with E-state index in [0.29, 0.717) is 5.82 Å². The molecule has 0 unspecified atom stereocenters. The summed E-state index contributed by atoms with van der Waals surface area (Å²) in [5.74, 6) is 0.473. The molecule has 13 heavy (non-hydrogen) atoms. The van der Waals surface area contributed by atoms with E-state index in [-0.39, 0.29) is 0 Å². The van der Waals surface area contributed by atoms with E-state index in [0.717, 1.165) is 5.69 Å². The van der Waals surface area contributed by atoms with Crippen LogP contribution in [0, 0.1) is 11.3 Å². The van der Waals surface area contributed by atoms with Crippen molar-refractivity contribution in [3.63, 3.8) is 0 Å². The second-order valence-corrected chi connectivity index (χ2v) is 3.33. The highest BCUT2D eigenvalue weighted by Gasteiger charge is 2.15. The summed E-state index contributed by atoms with van der Waals surface area (Å²) >= 11 is 0. The first-order valence-corrected chi connectivity index (χ1v) is 3.94. The maximum Gasteiger partial charge on any atom is 0.123 e. The van der Waals surface area contributed by atoms with Gasteiger partial charge >= 0.3 is 0 Å². The van der Waals surface area contributed by atoms with E-state index < -0.39 is 5.54 Å². The fraction of sp³-hybridized carbons (Fsp3) is 0.333. The SMILES string of the molecule is CC(C)(C#N)Nc1ccc(N)nc1. The molecule has 4 heteroatoms. The first-order valence-electron chi connectivity index (χ1n) is 3.94. The number of anilines is 2. The third-order valence-electron chi connectivity index (χ3n) is 1.52. The van der Waals surface area contributed by atoms with Gasteiger partial charge in [0, 0.05) is 0 Å². The highest BCUT2D eigenvalue weighted by atomic mass is 15.0. The van der Waals surface area contributed by atoms with Gasteiger partial charge in [-0.05, 0) is 26.0 Å². The van der Waals surface area contributed by atoms with Crippen LogP contribution in [0.1, 0.15) is 13.8 Å². The second-order valence-electron chi connectivity index (χ2n) is 3.33. The van der Waals surface area contributed by atoms with Crippen molar-refractivity contribution in [1.82, 2.24) is 4.98 Å². The molecule has 0 aliphatic carbocycles. The number of hydrogen-bond donors (Lipinski definition) is 2. The highest BCUT2D eigenvalue weighted by molar-refractivity contribution is 5.48. The van der Waals surface area contributed by atoms with Crippen LogP contribution in [0.15, 0.2) is 18.3 Å². The number of hydrogen-bond acceptors (Lipinski definition) is 4. The minimum atomic E-state index is -0.586. The van der Waals surface area contributed by atoms with E-state index in [1.807, 2.05) is 0 Å². The molecule has 0 saturated heterocycles. The molecule has 0 atom stereocenters. The van der Waals surface area contributed by atoms with Crippen molar-refractivity contribution >= 4 is 11.5 Å². The molecule has 1 heterocycles. The molecule has 1 aromatic heterocycles. The number of aromatic nitrogens is 1. The lowest BCUT2D eigenvalue weighted by molar-refractivity contribution is 0.728. The van der Waals surface area contributed by atoms with E-state index in [2.05, 4.69) is 16.4 Å². The molecule has 0 radical (unpaired) electrons. The molecule has 0 bridgehead atoms. The molecule has 0 spiro atoms. The zero-order valence-corrected chi connectivity index (χ0v) is 7.70. The fourth-order valence-corrected chi connectivity index (χ4v) is 0.868. The summed E-state index contributed by atoms with van der Waals surface area (Å²) < 4.78 is 0. The lowest BCUT2D eigenvalue weighted by Crippen LogP contribution is -2.28. The Morgan fingerprint density at radius 3 is 2.69 bits per heavy atom. The molecule has 1 aromatic rings. The first kappa shape index (κ1) is 9.33. The van der Waals surface area contributed by atoms with Crippen LogP contribution in [0.4, 0.5) is 11.5 Å². The van der Waals surface area contributed by atoms with Gasteiger partial charge in [0.25, 0.3) is 0 Å². The fourth-order valence-electron chi connectivity index (χ4n) is 0.868. The summed E-state index contributed by atoms with van der Waals surface area (Å²) in [5.41, 5.74) is 5.63. The first-order chi connectivity index (χ1) is 6.03. The zero-order chi connectivity index (χ0) is 9.90. The van der Waals surface area contributed by atoms with Crippen LogP contribution >= 0.6 is 0 Å². The Labute approximate surface area is 77.4 Å². The van der Waals surface area contributed by atoms with Gasteiger partial charge in [-0.15, -0.1) is 0 Å². The van der Waals surface area contributed by atoms with E-state index >= 15 is 0 Å². The second kappa shape index (κ2) is 3.31. The monoisotopic (exact) mass is 176 g/mol. The Bertz CT molecular complexity index is 320. The Balaban J connectivity index is 2.77. The van der Waals surface area contributed by atoms with Gasteiger partial charge in [0.05, 0.1) is 18.0 Å². The molecule has 0 amide bonds. The summed E-state index contributed by atoms with van der Waals surface area (Å²) in [6.07, 6.45) is 1.61. The van der Waals surface area contributed by atoms with Crippen molar-refractivity contribution in [3.8, 4) is 6.07 Å². The molecular formula is C9H12N4. The highest BCUT2D eigenvalue weighted by Crippen LogP contribution is 2.13. The van der Waals surface area contributed by atoms with Crippen LogP contribution in [-0.4, -0.2) is 10.5 Å². The molecule has 0 aliphatic rings. The van der Waals surface area contributed by atoms with Gasteiger partial charge in [-0.2, -0.15) is 5.26 Å². The molecular weight excluding hydrogens is 164 g/mol. The number of nitrogens with two attached hydrogens (primary N) is 1. The van der Waals surface area contributed by atoms with Crippen molar-refractivity contribution in [2.45, 2.75) is 19.4 Å². The lowest BCUT2D eigenvalue weighted by Gasteiger charge is -2.18. The normalized spacial score (nSPS) is 10.5. The van der Waals surface area contributed by atoms with Crippen molar-refractivity contribution in [2.24, 2.45) is 0 Å². The standard InChI is InChI=1S/C9H12N4/c1-9(2,6-10)13-7-3-4-8(11)12-5-7/h3-5,13H,1-2H3,(H2,11,12). The molecule has 0 fully saturated rings. The van der Waals surface area contributed by atoms with Crippen LogP contribution in [-0.2, 0) is 0 Å². The smallest absolute Gasteiger partial charge is 0.123 e. The van der Waals surface area contributed by atoms with Gasteiger partial charge in [-0.25, -0.2) is 4.98 Å². The Hall–Kier alpha value is -1.76. The maximum absolute atomic E-state index is 8.75. The topological polar surface area (TPSA) is 74.7 Å². The minimum absolute atomic E-state index is 0.473. The van der Waals surface area contributed by atoms with Gasteiger partial charge in [-0.1, -0.05) is 0 Å². The maximum atomic E-state index is 8.75. The van der Waals surface area contributed by atoms with E-state index in [1.165, 1.54) is 0 Å². The van der Waals surface area contributed by atoms with Crippen molar-refractivity contribution in [3.05, 3.63) is 18.3 Å². The van der Waals surface area contributed by atoms with Gasteiger partial charge in [-0.3, -0.25) is 0 Å². The van der Waals surface area contributed by atoms with Crippen molar-refractivity contribution in [2.75, 3.05) is 11.1 Å². The largest absolute Gasteiger partial charge is 0.384 e. The molecule has 0 aromatic carbocycles. The number of rotatable bonds is 2. The Morgan fingerprint density at radius 2 is 2.23 bits per heavy atom. The third-order valence-corrected chi connectivity index (χ3v) is 1.52. The summed E-state index contributed by atoms with van der Waals surface area (Å²) in [6, 6.07) is 5.62. The van der Waals surface area contributed by atoms with Crippen LogP contribution < -0.4 is 11.1 Å². The molecule has 4 nitrogen and oxygen atoms in total. The number of nitrogens with one attached hydrogen (secondary N) is 1. The number of nitrogens with zero attached hydrogens (tertiary/aromatic N) is 2. The van der Waals surface area contributed by atoms with E-state index in [1.54, 1.807) is 32.2 Å². The molecule has 1 rings (SSSR count). The van der Waals surface area contributed by atoms with Gasteiger partial charge < -0.3 is 11.1 Å². The van der Waals surface area contributed by atoms with E-state index in [4.69, 9.17) is 11.0 Å². The molecule has 3 N–H and O–H groups in total. The Kier molecular flexibility index (Phi) is 2.38. The number of nitrogen functional groups attached to an aromatic ring is 1. The van der Waals surface area contributed by atoms with Crippen LogP contribution in [0.2, 0.25) is 0 Å². The molecule has 0 saturated carbocycles. The Morgan fingerprint density at radius 1 is 1.54 bits per heavy atom. The predicted molar refractivity (Wildman–Crippen MR) is 52.0 cm³/mol. The number of nitriles is 1. The summed E-state index contributed by atoms with van der Waals surface area (Å²) in [4.78, 5) is 3.90. The third kappa shape index (κ3) is 2.64. The zero-order valence-electron chi connectivity index (χ0n) is 7.70. The van der Waals surface area contributed by atoms with Crippen molar-refractivity contribution in [1.29, 1.82) is 5.26 Å². The number of pyridine rings is 1. The summed E-state index contributed by atoms with van der Waals surface area (Å²) in [7, 11) is 0. The van der Waals surface area contributed by atoms with Crippen LogP contribution in [0.25, 0.3) is 0 Å². The molecule has 68 valence electrons. The van der Waals surface area contributed by atoms with Gasteiger partial charge in [0.1, 0.15) is 11.4 Å². The lowest BCUT2D eigenvalue weighted by atomic mass is 10.1. The molecule has 0 aliphatic heterocycles. The van der Waals surface area contributed by atoms with Crippen molar-refractivity contribution < 1.29 is 0 Å². The van der Waals surface area contributed by atoms with E-state index in [9.17, 15) is 0 Å². The predicted octanol–water partition coefficient (Wildman–Crippen LogP) is 1.38. The van der Waals surface area contributed by atoms with Gasteiger partial charge in [0.2, 0.25) is 0 Å². The quantitative estimate of drug-likeness (QED) is 0.713. The van der Waals surface area contributed by atoms with Crippen LogP contribution in [0.3, 0.4) is 0 Å². The average molecular weight is 176 g/mol. The minimum Gasteiger partial charge on any atom is -0.384 e.